The van der Waals surface area contributed by atoms with E-state index in [1.165, 1.54) is 23.5 Å². The summed E-state index contributed by atoms with van der Waals surface area (Å²) < 4.78 is 36.2. The molecule has 0 N–H and O–H groups in total. The number of hydrogen-bond acceptors (Lipinski definition) is 5. The molecule has 0 atom stereocenters. The number of aryl methyl sites for hydroxylation is 1. The van der Waals surface area contributed by atoms with Crippen LogP contribution in [-0.2, 0) is 21.3 Å². The number of ether oxygens (including phenoxy) is 1. The zero-order chi connectivity index (χ0) is 25.4. The number of carbonyl (C=O) groups is 1. The van der Waals surface area contributed by atoms with Gasteiger partial charge in [0.2, 0.25) is 10.0 Å². The molecule has 0 radical (unpaired) electrons. The second-order valence-electron chi connectivity index (χ2n) is 8.55. The summed E-state index contributed by atoms with van der Waals surface area (Å²) in [6, 6.07) is 12.3. The van der Waals surface area contributed by atoms with Crippen LogP contribution in [0.25, 0.3) is 10.2 Å². The molecule has 0 unspecified atom stereocenters. The van der Waals surface area contributed by atoms with Crippen LogP contribution >= 0.6 is 11.3 Å². The van der Waals surface area contributed by atoms with Crippen LogP contribution in [0.3, 0.4) is 0 Å². The standard InChI is InChI=1S/C26H35N3O4S2/c1-5-7-15-28(16-8-6-2)35(31,32)22-12-10-21(11-13-22)25(30)27-26-29(17-18-33-4)23-14-9-20(3)19-24(23)34-26/h9-14,19H,5-8,15-18H2,1-4H3. The third-order valence-electron chi connectivity index (χ3n) is 5.82. The Morgan fingerprint density at radius 3 is 2.31 bits per heavy atom. The monoisotopic (exact) mass is 517 g/mol. The summed E-state index contributed by atoms with van der Waals surface area (Å²) in [4.78, 5) is 18.2. The van der Waals surface area contributed by atoms with Crippen molar-refractivity contribution in [1.29, 1.82) is 0 Å². The number of nitrogens with zero attached hydrogens (tertiary/aromatic N) is 3. The lowest BCUT2D eigenvalue weighted by atomic mass is 10.2. The minimum atomic E-state index is -3.61. The van der Waals surface area contributed by atoms with E-state index in [1.807, 2.05) is 37.5 Å². The number of carbonyl (C=O) groups excluding carboxylic acids is 1. The minimum Gasteiger partial charge on any atom is -0.383 e. The van der Waals surface area contributed by atoms with Crippen LogP contribution in [0.4, 0.5) is 0 Å². The van der Waals surface area contributed by atoms with Gasteiger partial charge < -0.3 is 9.30 Å². The summed E-state index contributed by atoms with van der Waals surface area (Å²) in [5, 5.41) is 0. The lowest BCUT2D eigenvalue weighted by Crippen LogP contribution is -2.33. The van der Waals surface area contributed by atoms with Crippen molar-refractivity contribution in [2.45, 2.75) is 57.9 Å². The minimum absolute atomic E-state index is 0.203. The Morgan fingerprint density at radius 2 is 1.71 bits per heavy atom. The first kappa shape index (κ1) is 27.3. The van der Waals surface area contributed by atoms with Gasteiger partial charge in [-0.1, -0.05) is 44.1 Å². The van der Waals surface area contributed by atoms with Gasteiger partial charge >= 0.3 is 0 Å². The Balaban J connectivity index is 1.91. The summed E-state index contributed by atoms with van der Waals surface area (Å²) in [7, 11) is -1.97. The molecule has 2 aromatic carbocycles. The van der Waals surface area contributed by atoms with Gasteiger partial charge in [0.25, 0.3) is 5.91 Å². The number of rotatable bonds is 12. The summed E-state index contributed by atoms with van der Waals surface area (Å²) in [5.41, 5.74) is 2.49. The Kier molecular flexibility index (Phi) is 9.80. The lowest BCUT2D eigenvalue weighted by Gasteiger charge is -2.22. The van der Waals surface area contributed by atoms with E-state index in [1.54, 1.807) is 23.5 Å². The first-order valence-electron chi connectivity index (χ1n) is 12.1. The maximum Gasteiger partial charge on any atom is 0.279 e. The molecular weight excluding hydrogens is 482 g/mol. The number of hydrogen-bond donors (Lipinski definition) is 0. The van der Waals surface area contributed by atoms with Gasteiger partial charge in [0.05, 0.1) is 21.7 Å². The van der Waals surface area contributed by atoms with Crippen molar-refractivity contribution in [2.75, 3.05) is 26.8 Å². The third-order valence-corrected chi connectivity index (χ3v) is 8.77. The number of sulfonamides is 1. The molecular formula is C26H35N3O4S2. The molecule has 0 saturated heterocycles. The van der Waals surface area contributed by atoms with Crippen LogP contribution in [0.5, 0.6) is 0 Å². The Morgan fingerprint density at radius 1 is 1.06 bits per heavy atom. The number of thiazole rings is 1. The van der Waals surface area contributed by atoms with E-state index in [0.29, 0.717) is 36.6 Å². The SMILES string of the molecule is CCCCN(CCCC)S(=O)(=O)c1ccc(C(=O)N=c2sc3cc(C)ccc3n2CCOC)cc1. The van der Waals surface area contributed by atoms with Crippen molar-refractivity contribution >= 4 is 37.5 Å². The molecule has 0 bridgehead atoms. The average molecular weight is 518 g/mol. The molecule has 190 valence electrons. The lowest BCUT2D eigenvalue weighted by molar-refractivity contribution is 0.0997. The second kappa shape index (κ2) is 12.6. The van der Waals surface area contributed by atoms with Gasteiger partial charge in [0.15, 0.2) is 4.80 Å². The molecule has 35 heavy (non-hydrogen) atoms. The van der Waals surface area contributed by atoms with E-state index in [4.69, 9.17) is 4.74 Å². The molecule has 0 aliphatic rings. The maximum atomic E-state index is 13.2. The second-order valence-corrected chi connectivity index (χ2v) is 11.5. The zero-order valence-corrected chi connectivity index (χ0v) is 22.6. The van der Waals surface area contributed by atoms with Crippen LogP contribution in [0.15, 0.2) is 52.4 Å². The van der Waals surface area contributed by atoms with Crippen LogP contribution in [0.1, 0.15) is 55.5 Å². The highest BCUT2D eigenvalue weighted by Gasteiger charge is 2.23. The number of methoxy groups -OCH3 is 1. The third kappa shape index (κ3) is 6.67. The Labute approximate surface area is 212 Å². The van der Waals surface area contributed by atoms with Crippen LogP contribution in [-0.4, -0.2) is 50.0 Å². The van der Waals surface area contributed by atoms with Crippen LogP contribution in [0, 0.1) is 6.92 Å². The number of unbranched alkanes of at least 4 members (excludes halogenated alkanes) is 2. The molecule has 3 rings (SSSR count). The highest BCUT2D eigenvalue weighted by atomic mass is 32.2. The van der Waals surface area contributed by atoms with E-state index in [9.17, 15) is 13.2 Å². The van der Waals surface area contributed by atoms with Gasteiger partial charge in [-0.2, -0.15) is 9.30 Å². The van der Waals surface area contributed by atoms with Gasteiger partial charge in [-0.05, 0) is 61.7 Å². The quantitative estimate of drug-likeness (QED) is 0.339. The number of aromatic nitrogens is 1. The highest BCUT2D eigenvalue weighted by Crippen LogP contribution is 2.20. The fourth-order valence-electron chi connectivity index (χ4n) is 3.76. The summed E-state index contributed by atoms with van der Waals surface area (Å²) >= 11 is 1.46. The number of benzene rings is 2. The fraction of sp³-hybridized carbons (Fsp3) is 0.462. The molecule has 0 aliphatic heterocycles. The van der Waals surface area contributed by atoms with E-state index < -0.39 is 15.9 Å². The molecule has 0 aliphatic carbocycles. The van der Waals surface area contributed by atoms with Gasteiger partial charge in [-0.25, -0.2) is 8.42 Å². The molecule has 1 amide bonds. The summed E-state index contributed by atoms with van der Waals surface area (Å²) in [6.07, 6.45) is 3.48. The van der Waals surface area contributed by atoms with Crippen molar-refractivity contribution in [3.8, 4) is 0 Å². The van der Waals surface area contributed by atoms with Crippen molar-refractivity contribution in [3.05, 3.63) is 58.4 Å². The zero-order valence-electron chi connectivity index (χ0n) is 21.0. The van der Waals surface area contributed by atoms with Crippen molar-refractivity contribution < 1.29 is 17.9 Å². The van der Waals surface area contributed by atoms with Gasteiger partial charge in [-0.15, -0.1) is 0 Å². The van der Waals surface area contributed by atoms with E-state index >= 15 is 0 Å². The van der Waals surface area contributed by atoms with Gasteiger partial charge in [0, 0.05) is 32.3 Å². The average Bonchev–Trinajstić information content (AvgIpc) is 3.18. The molecule has 0 spiro atoms. The fourth-order valence-corrected chi connectivity index (χ4v) is 6.43. The first-order chi connectivity index (χ1) is 16.8. The molecule has 9 heteroatoms. The Hall–Kier alpha value is -2.33. The predicted molar refractivity (Wildman–Crippen MR) is 141 cm³/mol. The molecule has 0 saturated carbocycles. The molecule has 3 aromatic rings. The van der Waals surface area contributed by atoms with E-state index in [2.05, 4.69) is 11.1 Å². The molecule has 0 fully saturated rings. The molecule has 1 heterocycles. The van der Waals surface area contributed by atoms with Crippen LogP contribution < -0.4 is 4.80 Å². The number of amides is 1. The van der Waals surface area contributed by atoms with Crippen LogP contribution in [0.2, 0.25) is 0 Å². The van der Waals surface area contributed by atoms with Crippen molar-refractivity contribution in [3.63, 3.8) is 0 Å². The van der Waals surface area contributed by atoms with Crippen molar-refractivity contribution in [2.24, 2.45) is 4.99 Å². The predicted octanol–water partition coefficient (Wildman–Crippen LogP) is 4.99. The Bertz CT molecular complexity index is 1300. The van der Waals surface area contributed by atoms with Gasteiger partial charge in [-0.3, -0.25) is 4.79 Å². The number of fused-ring (bicyclic) bond motifs is 1. The van der Waals surface area contributed by atoms with E-state index in [0.717, 1.165) is 41.5 Å². The maximum absolute atomic E-state index is 13.2. The van der Waals surface area contributed by atoms with Gasteiger partial charge in [0.1, 0.15) is 0 Å². The summed E-state index contributed by atoms with van der Waals surface area (Å²) in [5.74, 6) is -0.405. The normalized spacial score (nSPS) is 12.7. The topological polar surface area (TPSA) is 81.0 Å². The highest BCUT2D eigenvalue weighted by molar-refractivity contribution is 7.89. The smallest absolute Gasteiger partial charge is 0.279 e. The molecule has 7 nitrogen and oxygen atoms in total. The molecule has 1 aromatic heterocycles. The van der Waals surface area contributed by atoms with E-state index in [-0.39, 0.29) is 4.90 Å². The summed E-state index contributed by atoms with van der Waals surface area (Å²) in [6.45, 7) is 8.20. The van der Waals surface area contributed by atoms with Crippen molar-refractivity contribution in [1.82, 2.24) is 8.87 Å². The first-order valence-corrected chi connectivity index (χ1v) is 14.4. The largest absolute Gasteiger partial charge is 0.383 e.